The normalized spacial score (nSPS) is 19.2. The first-order valence-corrected chi connectivity index (χ1v) is 7.45. The summed E-state index contributed by atoms with van der Waals surface area (Å²) in [4.78, 5) is 0. The topological polar surface area (TPSA) is 56.0 Å². The lowest BCUT2D eigenvalue weighted by Gasteiger charge is -2.25. The Morgan fingerprint density at radius 2 is 1.88 bits per heavy atom. The summed E-state index contributed by atoms with van der Waals surface area (Å²) in [5.41, 5.74) is -0.630. The van der Waals surface area contributed by atoms with E-state index in [9.17, 15) is 9.81 Å². The van der Waals surface area contributed by atoms with Crippen molar-refractivity contribution in [2.24, 2.45) is 5.92 Å². The fourth-order valence-electron chi connectivity index (χ4n) is 1.24. The zero-order chi connectivity index (χ0) is 13.7. The molecule has 0 rings (SSSR count). The highest BCUT2D eigenvalue weighted by Gasteiger charge is 2.41. The molecule has 3 nitrogen and oxygen atoms in total. The molecule has 4 heteroatoms. The second-order valence-electron chi connectivity index (χ2n) is 6.00. The number of hydrogen-bond acceptors (Lipinski definition) is 3. The maximum absolute atomic E-state index is 10.0. The minimum atomic E-state index is -0.946. The van der Waals surface area contributed by atoms with Crippen molar-refractivity contribution in [2.45, 2.75) is 71.1 Å². The van der Waals surface area contributed by atoms with Gasteiger partial charge in [-0.1, -0.05) is 25.0 Å². The second-order valence-corrected chi connectivity index (χ2v) is 7.99. The molecule has 3 atom stereocenters. The van der Waals surface area contributed by atoms with Crippen LogP contribution in [0.3, 0.4) is 0 Å². The molecule has 0 aromatic carbocycles. The van der Waals surface area contributed by atoms with Crippen LogP contribution in [-0.2, 0) is 11.4 Å². The molecule has 0 bridgehead atoms. The molecule has 0 heterocycles. The molecule has 0 amide bonds. The van der Waals surface area contributed by atoms with E-state index in [2.05, 4.69) is 24.6 Å². The third kappa shape index (κ3) is 6.30. The van der Waals surface area contributed by atoms with Gasteiger partial charge in [0.25, 0.3) is 0 Å². The Kier molecular flexibility index (Phi) is 6.53. The van der Waals surface area contributed by atoms with E-state index in [1.165, 1.54) is 0 Å². The Labute approximate surface area is 109 Å². The molecule has 0 aliphatic rings. The van der Waals surface area contributed by atoms with E-state index in [0.29, 0.717) is 5.92 Å². The number of nitriles is 1. The van der Waals surface area contributed by atoms with Gasteiger partial charge in [-0.15, -0.1) is 0 Å². The molecule has 100 valence electrons. The SMILES string of the molecule is CC[C@@H](C)CCC(C)(C#N)N[S+](O)C(C)(C)C. The average molecular weight is 259 g/mol. The molecular weight excluding hydrogens is 232 g/mol. The lowest BCUT2D eigenvalue weighted by atomic mass is 9.92. The summed E-state index contributed by atoms with van der Waals surface area (Å²) < 4.78 is 12.9. The van der Waals surface area contributed by atoms with Crippen LogP contribution in [0.15, 0.2) is 0 Å². The van der Waals surface area contributed by atoms with Crippen LogP contribution in [0.2, 0.25) is 0 Å². The zero-order valence-electron chi connectivity index (χ0n) is 12.0. The van der Waals surface area contributed by atoms with Gasteiger partial charge in [-0.25, -0.2) is 0 Å². The molecule has 0 aliphatic heterocycles. The Bertz CT molecular complexity index is 270. The first-order valence-electron chi connectivity index (χ1n) is 6.27. The average Bonchev–Trinajstić information content (AvgIpc) is 2.24. The fraction of sp³-hybridized carbons (Fsp3) is 0.923. The molecular formula is C13H27N2OS+. The lowest BCUT2D eigenvalue weighted by molar-refractivity contribution is 0.401. The second kappa shape index (κ2) is 6.63. The van der Waals surface area contributed by atoms with Gasteiger partial charge in [0.1, 0.15) is 5.54 Å². The van der Waals surface area contributed by atoms with E-state index in [0.717, 1.165) is 19.3 Å². The minimum absolute atomic E-state index is 0.228. The maximum atomic E-state index is 10.0. The fourth-order valence-corrected chi connectivity index (χ4v) is 2.12. The van der Waals surface area contributed by atoms with Crippen LogP contribution in [-0.4, -0.2) is 14.8 Å². The smallest absolute Gasteiger partial charge is 0.196 e. The lowest BCUT2D eigenvalue weighted by Crippen LogP contribution is -2.50. The molecule has 2 unspecified atom stereocenters. The highest BCUT2D eigenvalue weighted by molar-refractivity contribution is 7.90. The van der Waals surface area contributed by atoms with Gasteiger partial charge in [-0.2, -0.15) is 9.81 Å². The van der Waals surface area contributed by atoms with Gasteiger partial charge in [0.15, 0.2) is 4.75 Å². The van der Waals surface area contributed by atoms with Crippen molar-refractivity contribution in [3.8, 4) is 6.07 Å². The van der Waals surface area contributed by atoms with Crippen LogP contribution < -0.4 is 4.72 Å². The number of nitrogens with zero attached hydrogens (tertiary/aromatic N) is 1. The molecule has 0 aromatic rings. The standard InChI is InChI=1S/C13H27N2OS/c1-7-11(2)8-9-13(6,10-14)15-17(16)12(3,4)5/h11,15-16H,7-9H2,1-6H3/q+1/t11-,13?,17?/m1/s1. The van der Waals surface area contributed by atoms with E-state index in [1.807, 2.05) is 27.7 Å². The van der Waals surface area contributed by atoms with Crippen molar-refractivity contribution in [3.63, 3.8) is 0 Å². The van der Waals surface area contributed by atoms with E-state index < -0.39 is 16.9 Å². The number of rotatable bonds is 6. The third-order valence-electron chi connectivity index (χ3n) is 2.98. The van der Waals surface area contributed by atoms with Gasteiger partial charge in [0, 0.05) is 0 Å². The molecule has 17 heavy (non-hydrogen) atoms. The van der Waals surface area contributed by atoms with Gasteiger partial charge in [0.2, 0.25) is 11.4 Å². The van der Waals surface area contributed by atoms with Crippen LogP contribution in [0.4, 0.5) is 0 Å². The highest BCUT2D eigenvalue weighted by Crippen LogP contribution is 2.22. The third-order valence-corrected chi connectivity index (χ3v) is 4.79. The number of nitrogens with one attached hydrogen (secondary N) is 1. The molecule has 0 aromatic heterocycles. The monoisotopic (exact) mass is 259 g/mol. The first-order chi connectivity index (χ1) is 7.64. The quantitative estimate of drug-likeness (QED) is 0.718. The van der Waals surface area contributed by atoms with Gasteiger partial charge >= 0.3 is 0 Å². The van der Waals surface area contributed by atoms with Crippen LogP contribution in [0.25, 0.3) is 0 Å². The van der Waals surface area contributed by atoms with Crippen molar-refractivity contribution in [1.82, 2.24) is 4.72 Å². The van der Waals surface area contributed by atoms with E-state index in [1.54, 1.807) is 0 Å². The van der Waals surface area contributed by atoms with Gasteiger partial charge in [-0.3, -0.25) is 0 Å². The molecule has 0 fully saturated rings. The summed E-state index contributed by atoms with van der Waals surface area (Å²) in [6, 6.07) is 2.30. The van der Waals surface area contributed by atoms with Gasteiger partial charge < -0.3 is 0 Å². The van der Waals surface area contributed by atoms with Crippen LogP contribution in [0.1, 0.15) is 60.8 Å². The summed E-state index contributed by atoms with van der Waals surface area (Å²) in [6.45, 7) is 12.1. The molecule has 0 spiro atoms. The van der Waals surface area contributed by atoms with Crippen molar-refractivity contribution < 1.29 is 4.55 Å². The Morgan fingerprint density at radius 1 is 1.35 bits per heavy atom. The Morgan fingerprint density at radius 3 is 2.24 bits per heavy atom. The van der Waals surface area contributed by atoms with Crippen molar-refractivity contribution >= 4 is 11.4 Å². The van der Waals surface area contributed by atoms with E-state index in [4.69, 9.17) is 0 Å². The Balaban J connectivity index is 4.44. The summed E-state index contributed by atoms with van der Waals surface area (Å²) in [7, 11) is 0. The maximum Gasteiger partial charge on any atom is 0.241 e. The van der Waals surface area contributed by atoms with E-state index >= 15 is 0 Å². The summed E-state index contributed by atoms with van der Waals surface area (Å²) in [5, 5.41) is 9.27. The zero-order valence-corrected chi connectivity index (χ0v) is 12.8. The predicted octanol–water partition coefficient (Wildman–Crippen LogP) is 3.49. The summed E-state index contributed by atoms with van der Waals surface area (Å²) >= 11 is -0.946. The molecule has 0 saturated carbocycles. The van der Waals surface area contributed by atoms with Crippen molar-refractivity contribution in [2.75, 3.05) is 0 Å². The van der Waals surface area contributed by atoms with Crippen LogP contribution in [0.5, 0.6) is 0 Å². The van der Waals surface area contributed by atoms with Gasteiger partial charge in [0.05, 0.1) is 6.07 Å². The van der Waals surface area contributed by atoms with Crippen molar-refractivity contribution in [3.05, 3.63) is 0 Å². The summed E-state index contributed by atoms with van der Waals surface area (Å²) in [6.07, 6.45) is 2.92. The van der Waals surface area contributed by atoms with Crippen molar-refractivity contribution in [1.29, 1.82) is 5.26 Å². The highest BCUT2D eigenvalue weighted by atomic mass is 32.2. The molecule has 0 aliphatic carbocycles. The first kappa shape index (κ1) is 16.8. The van der Waals surface area contributed by atoms with Crippen LogP contribution >= 0.6 is 0 Å². The summed E-state index contributed by atoms with van der Waals surface area (Å²) in [5.74, 6) is 0.625. The Hall–Kier alpha value is -0.240. The minimum Gasteiger partial charge on any atom is -0.196 e. The van der Waals surface area contributed by atoms with Crippen LogP contribution in [0, 0.1) is 17.2 Å². The largest absolute Gasteiger partial charge is 0.241 e. The molecule has 0 radical (unpaired) electrons. The molecule has 2 N–H and O–H groups in total. The predicted molar refractivity (Wildman–Crippen MR) is 75.6 cm³/mol. The molecule has 0 saturated heterocycles. The number of hydrogen-bond donors (Lipinski definition) is 2. The van der Waals surface area contributed by atoms with E-state index in [-0.39, 0.29) is 4.75 Å². The van der Waals surface area contributed by atoms with Gasteiger partial charge in [-0.05, 0) is 46.5 Å².